The molecule has 0 aliphatic carbocycles. The Morgan fingerprint density at radius 3 is 2.66 bits per heavy atom. The van der Waals surface area contributed by atoms with Gasteiger partial charge in [-0.1, -0.05) is 12.1 Å². The molecule has 3 heterocycles. The second kappa shape index (κ2) is 11.4. The number of nitrogens with zero attached hydrogens (tertiary/aromatic N) is 3. The molecule has 0 spiro atoms. The van der Waals surface area contributed by atoms with Gasteiger partial charge < -0.3 is 19.5 Å². The van der Waals surface area contributed by atoms with Gasteiger partial charge in [-0.05, 0) is 18.9 Å². The predicted molar refractivity (Wildman–Crippen MR) is 126 cm³/mol. The number of fused-ring (bicyclic) bond motifs is 1. The van der Waals surface area contributed by atoms with Crippen LogP contribution in [0.15, 0.2) is 21.8 Å². The number of hydrogen-bond donors (Lipinski definition) is 1. The quantitative estimate of drug-likeness (QED) is 0.139. The number of nitrogens with one attached hydrogen (secondary N) is 1. The lowest BCUT2D eigenvalue weighted by molar-refractivity contribution is -0.149. The number of rotatable bonds is 9. The number of β-lactam (4-membered cyclic amide) rings is 1. The number of halogens is 1. The molecule has 2 aliphatic rings. The van der Waals surface area contributed by atoms with Gasteiger partial charge in [-0.15, -0.1) is 22.9 Å². The van der Waals surface area contributed by atoms with Crippen LogP contribution in [0.1, 0.15) is 24.0 Å². The first-order chi connectivity index (χ1) is 16.7. The molecule has 4 atom stereocenters. The highest BCUT2D eigenvalue weighted by Crippen LogP contribution is 2.35. The van der Waals surface area contributed by atoms with Gasteiger partial charge in [0.05, 0.1) is 21.6 Å². The van der Waals surface area contributed by atoms with Gasteiger partial charge in [0.15, 0.2) is 5.71 Å². The Morgan fingerprint density at radius 1 is 1.40 bits per heavy atom. The van der Waals surface area contributed by atoms with E-state index < -0.39 is 52.1 Å². The molecule has 182 valence electrons. The van der Waals surface area contributed by atoms with Gasteiger partial charge in [0.1, 0.15) is 22.8 Å². The minimum Gasteiger partial charge on any atom is -0.541 e. The number of thiazole rings is 1. The van der Waals surface area contributed by atoms with E-state index in [1.807, 2.05) is 0 Å². The molecule has 35 heavy (non-hydrogen) atoms. The fourth-order valence-electron chi connectivity index (χ4n) is 3.36. The molecule has 2 aliphatic heterocycles. The summed E-state index contributed by atoms with van der Waals surface area (Å²) in [4.78, 5) is 60.1. The van der Waals surface area contributed by atoms with Crippen LogP contribution in [0.25, 0.3) is 0 Å². The third-order valence-electron chi connectivity index (χ3n) is 5.05. The molecule has 1 fully saturated rings. The summed E-state index contributed by atoms with van der Waals surface area (Å²) in [6.07, 6.45) is -1.06. The SMILES string of the molecule is [B]OC(=O)C1=C(CCl)CS(=O)[C@@H]2[C@H](NC(=O)/C(=N\O[C@@H](CC)C(=O)O[B])c3csc(C)n3)C(=O)N12. The summed E-state index contributed by atoms with van der Waals surface area (Å²) in [7, 11) is 8.15. The topological polar surface area (TPSA) is 154 Å². The third-order valence-corrected chi connectivity index (χ3v) is 7.80. The van der Waals surface area contributed by atoms with E-state index in [0.29, 0.717) is 5.01 Å². The van der Waals surface area contributed by atoms with Crippen molar-refractivity contribution in [2.24, 2.45) is 5.16 Å². The smallest absolute Gasteiger partial charge is 0.378 e. The van der Waals surface area contributed by atoms with Crippen molar-refractivity contribution in [1.82, 2.24) is 15.2 Å². The van der Waals surface area contributed by atoms with E-state index in [1.54, 1.807) is 13.8 Å². The Hall–Kier alpha value is -2.71. The zero-order valence-corrected chi connectivity index (χ0v) is 20.8. The second-order valence-corrected chi connectivity index (χ2v) is 10.1. The maximum atomic E-state index is 13.1. The van der Waals surface area contributed by atoms with Crippen LogP contribution >= 0.6 is 22.9 Å². The molecule has 3 rings (SSSR count). The zero-order chi connectivity index (χ0) is 25.9. The number of aromatic nitrogens is 1. The summed E-state index contributed by atoms with van der Waals surface area (Å²) in [5, 5.41) is 7.28. The Kier molecular flexibility index (Phi) is 8.72. The average molecular weight is 539 g/mol. The van der Waals surface area contributed by atoms with Gasteiger partial charge in [0.25, 0.3) is 11.8 Å². The number of carbonyl (C=O) groups is 4. The van der Waals surface area contributed by atoms with Crippen LogP contribution in [0.2, 0.25) is 0 Å². The van der Waals surface area contributed by atoms with Crippen molar-refractivity contribution >= 4 is 79.3 Å². The van der Waals surface area contributed by atoms with Crippen LogP contribution in [0.5, 0.6) is 0 Å². The Morgan fingerprint density at radius 2 is 2.11 bits per heavy atom. The first kappa shape index (κ1) is 26.9. The first-order valence-corrected chi connectivity index (χ1v) is 12.7. The van der Waals surface area contributed by atoms with E-state index in [-0.39, 0.29) is 40.7 Å². The predicted octanol–water partition coefficient (Wildman–Crippen LogP) is -0.887. The number of aryl methyl sites for hydroxylation is 1. The molecule has 2 amide bonds. The molecule has 0 bridgehead atoms. The van der Waals surface area contributed by atoms with Crippen LogP contribution in [0.3, 0.4) is 0 Å². The lowest BCUT2D eigenvalue weighted by Gasteiger charge is -2.49. The fraction of sp³-hybridized carbons (Fsp3) is 0.444. The first-order valence-electron chi connectivity index (χ1n) is 9.95. The summed E-state index contributed by atoms with van der Waals surface area (Å²) in [5.74, 6) is -3.85. The van der Waals surface area contributed by atoms with E-state index in [2.05, 4.69) is 24.8 Å². The summed E-state index contributed by atoms with van der Waals surface area (Å²) < 4.78 is 21.2. The third kappa shape index (κ3) is 5.28. The molecule has 4 radical (unpaired) electrons. The van der Waals surface area contributed by atoms with Crippen LogP contribution in [0, 0.1) is 6.92 Å². The summed E-state index contributed by atoms with van der Waals surface area (Å²) in [6.45, 7) is 3.30. The molecule has 17 heteroatoms. The van der Waals surface area contributed by atoms with Crippen molar-refractivity contribution in [3.05, 3.63) is 27.4 Å². The van der Waals surface area contributed by atoms with Crippen LogP contribution in [0.4, 0.5) is 0 Å². The van der Waals surface area contributed by atoms with Crippen LogP contribution in [-0.4, -0.2) is 88.8 Å². The van der Waals surface area contributed by atoms with Crippen molar-refractivity contribution in [1.29, 1.82) is 0 Å². The normalized spacial score (nSPS) is 22.6. The van der Waals surface area contributed by atoms with Crippen LogP contribution < -0.4 is 5.32 Å². The highest BCUT2D eigenvalue weighted by molar-refractivity contribution is 7.86. The highest BCUT2D eigenvalue weighted by atomic mass is 35.5. The minimum atomic E-state index is -1.70. The second-order valence-electron chi connectivity index (χ2n) is 7.20. The number of oxime groups is 1. The molecule has 1 N–H and O–H groups in total. The fourth-order valence-corrected chi connectivity index (χ4v) is 5.98. The maximum Gasteiger partial charge on any atom is 0.378 e. The van der Waals surface area contributed by atoms with Gasteiger partial charge in [-0.25, -0.2) is 14.6 Å². The largest absolute Gasteiger partial charge is 0.541 e. The molecule has 12 nitrogen and oxygen atoms in total. The molecule has 0 saturated carbocycles. The van der Waals surface area contributed by atoms with Gasteiger partial charge in [-0.3, -0.25) is 18.7 Å². The number of alkyl halides is 1. The lowest BCUT2D eigenvalue weighted by atomic mass is 10.0. The van der Waals surface area contributed by atoms with E-state index >= 15 is 0 Å². The zero-order valence-electron chi connectivity index (χ0n) is 18.4. The number of amides is 2. The van der Waals surface area contributed by atoms with Gasteiger partial charge in [0, 0.05) is 11.3 Å². The van der Waals surface area contributed by atoms with Crippen molar-refractivity contribution in [3.8, 4) is 0 Å². The maximum absolute atomic E-state index is 13.1. The van der Waals surface area contributed by atoms with E-state index in [4.69, 9.17) is 32.5 Å². The van der Waals surface area contributed by atoms with E-state index in [9.17, 15) is 23.4 Å². The lowest BCUT2D eigenvalue weighted by Crippen LogP contribution is -2.74. The van der Waals surface area contributed by atoms with Crippen molar-refractivity contribution in [3.63, 3.8) is 0 Å². The van der Waals surface area contributed by atoms with Gasteiger partial charge in [-0.2, -0.15) is 0 Å². The Labute approximate surface area is 213 Å². The minimum absolute atomic E-state index is 0.117. The molecular weight excluding hydrogens is 521 g/mol. The van der Waals surface area contributed by atoms with Gasteiger partial charge >= 0.3 is 28.0 Å². The molecule has 1 unspecified atom stereocenters. The standard InChI is InChI=1S/C18H17B2ClN4O8S2/c1-3-10(17(28)31-19)33-24-11(9-5-34-7(2)22-9)14(26)23-12-15(27)25-13(18(29)32-20)8(4-21)6-35(30)16(12)25/h5,10,12,16H,3-4,6H2,1-2H3,(H,23,26)/b24-11-/t10-,12+,16+,35?/m0/s1. The summed E-state index contributed by atoms with van der Waals surface area (Å²) in [5.41, 5.74) is -0.211. The summed E-state index contributed by atoms with van der Waals surface area (Å²) >= 11 is 7.06. The van der Waals surface area contributed by atoms with E-state index in [0.717, 1.165) is 4.90 Å². The number of carbonyl (C=O) groups excluding carboxylic acids is 4. The van der Waals surface area contributed by atoms with Gasteiger partial charge in [0.2, 0.25) is 6.10 Å². The monoisotopic (exact) mass is 538 g/mol. The van der Waals surface area contributed by atoms with Crippen molar-refractivity contribution < 1.29 is 37.5 Å². The van der Waals surface area contributed by atoms with Crippen molar-refractivity contribution in [2.75, 3.05) is 11.6 Å². The average Bonchev–Trinajstić information content (AvgIpc) is 3.28. The molecule has 1 saturated heterocycles. The number of hydrogen-bond acceptors (Lipinski definition) is 11. The molecule has 0 aromatic carbocycles. The molecule has 1 aromatic heterocycles. The molecule has 1 aromatic rings. The summed E-state index contributed by atoms with van der Waals surface area (Å²) in [6, 6.07) is -1.26. The van der Waals surface area contributed by atoms with Crippen molar-refractivity contribution in [2.45, 2.75) is 37.8 Å². The van der Waals surface area contributed by atoms with E-state index in [1.165, 1.54) is 16.7 Å². The molecular formula is C18H17B2ClN4O8S2. The Bertz CT molecular complexity index is 1140. The van der Waals surface area contributed by atoms with Crippen LogP contribution in [-0.2, 0) is 44.1 Å². The Balaban J connectivity index is 1.87. The highest BCUT2D eigenvalue weighted by Gasteiger charge is 2.57.